The third kappa shape index (κ3) is 6.86. The molecule has 1 unspecified atom stereocenters. The minimum absolute atomic E-state index is 0.0623. The minimum Gasteiger partial charge on any atom is -0.493 e. The lowest BCUT2D eigenvalue weighted by Gasteiger charge is -2.21. The van der Waals surface area contributed by atoms with Crippen molar-refractivity contribution in [3.63, 3.8) is 0 Å². The predicted octanol–water partition coefficient (Wildman–Crippen LogP) is 5.13. The fourth-order valence-corrected chi connectivity index (χ4v) is 3.92. The smallest absolute Gasteiger partial charge is 0.416 e. The number of aliphatic hydroxyl groups is 1. The highest BCUT2D eigenvalue weighted by Crippen LogP contribution is 2.37. The van der Waals surface area contributed by atoms with Gasteiger partial charge in [0.1, 0.15) is 5.75 Å². The molecule has 2 N–H and O–H groups in total. The molecule has 0 radical (unpaired) electrons. The van der Waals surface area contributed by atoms with Crippen LogP contribution in [-0.4, -0.2) is 40.8 Å². The summed E-state index contributed by atoms with van der Waals surface area (Å²) in [6.07, 6.45) is -10.6. The summed E-state index contributed by atoms with van der Waals surface area (Å²) in [5.74, 6) is -0.815. The second kappa shape index (κ2) is 10.2. The summed E-state index contributed by atoms with van der Waals surface area (Å²) in [5.41, 5.74) is -2.27. The molecule has 1 aliphatic rings. The van der Waals surface area contributed by atoms with Crippen molar-refractivity contribution in [1.29, 1.82) is 0 Å². The Hall–Kier alpha value is -2.79. The highest BCUT2D eigenvalue weighted by molar-refractivity contribution is 5.67. The number of halogens is 6. The molecule has 0 amide bonds. The molecule has 1 saturated heterocycles. The summed E-state index contributed by atoms with van der Waals surface area (Å²) in [5, 5.41) is 18.7. The number of rotatable bonds is 8. The van der Waals surface area contributed by atoms with E-state index in [9.17, 15) is 36.2 Å². The zero-order valence-electron chi connectivity index (χ0n) is 17.9. The van der Waals surface area contributed by atoms with Crippen LogP contribution in [0.15, 0.2) is 42.5 Å². The Morgan fingerprint density at radius 2 is 1.82 bits per heavy atom. The first-order valence-electron chi connectivity index (χ1n) is 10.4. The van der Waals surface area contributed by atoms with Crippen molar-refractivity contribution in [2.24, 2.45) is 5.92 Å². The summed E-state index contributed by atoms with van der Waals surface area (Å²) in [7, 11) is 0. The summed E-state index contributed by atoms with van der Waals surface area (Å²) in [4.78, 5) is 12.4. The van der Waals surface area contributed by atoms with Crippen molar-refractivity contribution < 1.29 is 46.1 Å². The fourth-order valence-electron chi connectivity index (χ4n) is 3.92. The Morgan fingerprint density at radius 1 is 1.09 bits per heavy atom. The van der Waals surface area contributed by atoms with Crippen molar-refractivity contribution in [1.82, 2.24) is 4.90 Å². The van der Waals surface area contributed by atoms with E-state index in [0.717, 1.165) is 0 Å². The van der Waals surface area contributed by atoms with Crippen molar-refractivity contribution in [3.05, 3.63) is 64.7 Å². The van der Waals surface area contributed by atoms with E-state index >= 15 is 0 Å². The molecule has 2 atom stereocenters. The maximum Gasteiger partial charge on any atom is 0.416 e. The van der Waals surface area contributed by atoms with Gasteiger partial charge in [-0.3, -0.25) is 9.69 Å². The first-order chi connectivity index (χ1) is 15.8. The number of hydrogen-bond acceptors (Lipinski definition) is 4. The predicted molar refractivity (Wildman–Crippen MR) is 109 cm³/mol. The van der Waals surface area contributed by atoms with Gasteiger partial charge in [-0.2, -0.15) is 26.3 Å². The highest BCUT2D eigenvalue weighted by atomic mass is 19.4. The van der Waals surface area contributed by atoms with Crippen molar-refractivity contribution >= 4 is 5.97 Å². The molecule has 1 fully saturated rings. The summed E-state index contributed by atoms with van der Waals surface area (Å²) >= 11 is 0. The van der Waals surface area contributed by atoms with E-state index in [1.807, 2.05) is 0 Å². The van der Waals surface area contributed by atoms with Crippen LogP contribution in [0.3, 0.4) is 0 Å². The molecule has 3 rings (SSSR count). The first-order valence-corrected chi connectivity index (χ1v) is 10.4. The number of alkyl halides is 6. The number of hydrogen-bond donors (Lipinski definition) is 2. The Bertz CT molecular complexity index is 1010. The highest BCUT2D eigenvalue weighted by Gasteiger charge is 2.37. The van der Waals surface area contributed by atoms with Crippen molar-refractivity contribution in [2.75, 3.05) is 19.7 Å². The van der Waals surface area contributed by atoms with Crippen LogP contribution in [0.5, 0.6) is 5.75 Å². The number of carbonyl (C=O) groups is 1. The van der Waals surface area contributed by atoms with Gasteiger partial charge < -0.3 is 14.9 Å². The summed E-state index contributed by atoms with van der Waals surface area (Å²) in [6.45, 7) is 0.684. The van der Waals surface area contributed by atoms with Crippen molar-refractivity contribution in [2.45, 2.75) is 37.8 Å². The lowest BCUT2D eigenvalue weighted by molar-refractivity contribution is -0.142. The molecule has 1 aliphatic heterocycles. The number of likely N-dealkylation sites (tertiary alicyclic amines) is 1. The van der Waals surface area contributed by atoms with Crippen LogP contribution in [0.25, 0.3) is 0 Å². The molecule has 0 saturated carbocycles. The van der Waals surface area contributed by atoms with Crippen LogP contribution in [0.2, 0.25) is 0 Å². The standard InChI is InChI=1S/C23H23F6NO4/c24-22(25,26)17-4-5-19(23(27,28)29)16(8-17)12-30-7-6-14(11-30)13-34-18-3-1-2-15(9-18)20(31)10-21(32)33/h1-5,8-9,14,20,31H,6-7,10-13H2,(H,32,33)/t14?,20-/m1/s1. The van der Waals surface area contributed by atoms with Gasteiger partial charge in [0.15, 0.2) is 0 Å². The molecule has 11 heteroatoms. The average Bonchev–Trinajstić information content (AvgIpc) is 3.18. The average molecular weight is 491 g/mol. The molecule has 186 valence electrons. The second-order valence-electron chi connectivity index (χ2n) is 8.25. The van der Waals surface area contributed by atoms with Gasteiger partial charge in [-0.1, -0.05) is 12.1 Å². The van der Waals surface area contributed by atoms with E-state index in [4.69, 9.17) is 9.84 Å². The van der Waals surface area contributed by atoms with Crippen LogP contribution in [0.4, 0.5) is 26.3 Å². The molecule has 34 heavy (non-hydrogen) atoms. The zero-order valence-corrected chi connectivity index (χ0v) is 17.9. The lowest BCUT2D eigenvalue weighted by Crippen LogP contribution is -2.24. The van der Waals surface area contributed by atoms with E-state index < -0.39 is 47.5 Å². The maximum absolute atomic E-state index is 13.3. The molecular formula is C23H23F6NO4. The van der Waals surface area contributed by atoms with E-state index in [2.05, 4.69) is 0 Å². The fraction of sp³-hybridized carbons (Fsp3) is 0.435. The van der Waals surface area contributed by atoms with E-state index in [-0.39, 0.29) is 19.1 Å². The molecule has 5 nitrogen and oxygen atoms in total. The number of nitrogens with zero attached hydrogens (tertiary/aromatic N) is 1. The summed E-state index contributed by atoms with van der Waals surface area (Å²) < 4.78 is 84.7. The molecule has 0 bridgehead atoms. The lowest BCUT2D eigenvalue weighted by atomic mass is 10.0. The van der Waals surface area contributed by atoms with Gasteiger partial charge in [0.2, 0.25) is 0 Å². The van der Waals surface area contributed by atoms with Crippen LogP contribution in [-0.2, 0) is 23.7 Å². The van der Waals surface area contributed by atoms with Gasteiger partial charge >= 0.3 is 18.3 Å². The monoisotopic (exact) mass is 491 g/mol. The molecule has 2 aromatic carbocycles. The van der Waals surface area contributed by atoms with Crippen LogP contribution in [0.1, 0.15) is 41.2 Å². The Labute approximate surface area is 191 Å². The van der Waals surface area contributed by atoms with Crippen LogP contribution in [0, 0.1) is 5.92 Å². The summed E-state index contributed by atoms with van der Waals surface area (Å²) in [6, 6.07) is 7.77. The van der Waals surface area contributed by atoms with Crippen LogP contribution < -0.4 is 4.74 Å². The van der Waals surface area contributed by atoms with Gasteiger partial charge in [-0.25, -0.2) is 0 Å². The number of aliphatic hydroxyl groups excluding tert-OH is 1. The van der Waals surface area contributed by atoms with Gasteiger partial charge in [0.25, 0.3) is 0 Å². The molecule has 0 spiro atoms. The number of carboxylic acid groups (broad SMARTS) is 1. The third-order valence-corrected chi connectivity index (χ3v) is 5.60. The molecule has 2 aromatic rings. The third-order valence-electron chi connectivity index (χ3n) is 5.60. The second-order valence-corrected chi connectivity index (χ2v) is 8.25. The SMILES string of the molecule is O=C(O)C[C@@H](O)c1cccc(OCC2CCN(Cc3cc(C(F)(F)F)ccc3C(F)(F)F)C2)c1. The van der Waals surface area contributed by atoms with E-state index in [1.165, 1.54) is 6.07 Å². The van der Waals surface area contributed by atoms with Crippen molar-refractivity contribution in [3.8, 4) is 5.75 Å². The van der Waals surface area contributed by atoms with Gasteiger partial charge in [-0.05, 0) is 54.4 Å². The van der Waals surface area contributed by atoms with E-state index in [0.29, 0.717) is 49.0 Å². The Morgan fingerprint density at radius 3 is 2.47 bits per heavy atom. The normalized spacial score (nSPS) is 18.1. The molecular weight excluding hydrogens is 468 g/mol. The molecule has 0 aromatic heterocycles. The topological polar surface area (TPSA) is 70.0 Å². The van der Waals surface area contributed by atoms with E-state index in [1.54, 1.807) is 23.1 Å². The number of aliphatic carboxylic acids is 1. The first kappa shape index (κ1) is 25.8. The Balaban J connectivity index is 1.62. The van der Waals surface area contributed by atoms with Gasteiger partial charge in [0, 0.05) is 19.0 Å². The molecule has 1 heterocycles. The quantitative estimate of drug-likeness (QED) is 0.501. The number of carboxylic acids is 1. The number of ether oxygens (including phenoxy) is 1. The van der Waals surface area contributed by atoms with Gasteiger partial charge in [0.05, 0.1) is 30.3 Å². The largest absolute Gasteiger partial charge is 0.493 e. The Kier molecular flexibility index (Phi) is 7.77. The van der Waals surface area contributed by atoms with Crippen LogP contribution >= 0.6 is 0 Å². The molecule has 0 aliphatic carbocycles. The minimum atomic E-state index is -4.77. The van der Waals surface area contributed by atoms with Gasteiger partial charge in [-0.15, -0.1) is 0 Å². The zero-order chi connectivity index (χ0) is 25.1. The maximum atomic E-state index is 13.3. The number of benzene rings is 2.